The molecule has 0 aliphatic carbocycles. The van der Waals surface area contributed by atoms with Crippen LogP contribution in [0.25, 0.3) is 0 Å². The lowest BCUT2D eigenvalue weighted by Crippen LogP contribution is -2.32. The molecule has 0 saturated carbocycles. The van der Waals surface area contributed by atoms with Crippen molar-refractivity contribution in [3.8, 4) is 0 Å². The highest BCUT2D eigenvalue weighted by atomic mass is 16.2. The molecule has 0 spiro atoms. The highest BCUT2D eigenvalue weighted by molar-refractivity contribution is 5.90. The van der Waals surface area contributed by atoms with Gasteiger partial charge < -0.3 is 10.6 Å². The molecule has 0 saturated heterocycles. The Labute approximate surface area is 146 Å². The predicted molar refractivity (Wildman–Crippen MR) is 97.2 cm³/mol. The normalized spacial score (nSPS) is 11.7. The second-order valence-electron chi connectivity index (χ2n) is 5.70. The van der Waals surface area contributed by atoms with Gasteiger partial charge in [-0.3, -0.25) is 9.67 Å². The summed E-state index contributed by atoms with van der Waals surface area (Å²) in [5.41, 5.74) is 2.82. The van der Waals surface area contributed by atoms with Crippen LogP contribution in [-0.4, -0.2) is 20.8 Å². The van der Waals surface area contributed by atoms with Gasteiger partial charge in [0.15, 0.2) is 0 Å². The van der Waals surface area contributed by atoms with Crippen molar-refractivity contribution < 1.29 is 4.79 Å². The van der Waals surface area contributed by atoms with Crippen molar-refractivity contribution in [2.24, 2.45) is 0 Å². The molecule has 0 aliphatic rings. The summed E-state index contributed by atoms with van der Waals surface area (Å²) in [5.74, 6) is 0. The predicted octanol–water partition coefficient (Wildman–Crippen LogP) is 3.60. The molecule has 0 fully saturated rings. The molecular formula is C19H21N5O. The van der Waals surface area contributed by atoms with Gasteiger partial charge in [-0.05, 0) is 41.8 Å². The van der Waals surface area contributed by atoms with E-state index in [-0.39, 0.29) is 12.1 Å². The third-order valence-electron chi connectivity index (χ3n) is 3.98. The summed E-state index contributed by atoms with van der Waals surface area (Å²) in [5, 5.41) is 10.2. The van der Waals surface area contributed by atoms with Crippen molar-refractivity contribution in [2.45, 2.75) is 25.9 Å². The van der Waals surface area contributed by atoms with E-state index in [1.807, 2.05) is 60.3 Å². The zero-order chi connectivity index (χ0) is 17.5. The Morgan fingerprint density at radius 2 is 1.92 bits per heavy atom. The molecule has 2 aromatic heterocycles. The lowest BCUT2D eigenvalue weighted by Gasteiger charge is -2.18. The van der Waals surface area contributed by atoms with E-state index in [0.717, 1.165) is 23.2 Å². The molecule has 25 heavy (non-hydrogen) atoms. The zero-order valence-electron chi connectivity index (χ0n) is 14.1. The van der Waals surface area contributed by atoms with Crippen LogP contribution in [0.3, 0.4) is 0 Å². The number of nitrogens with one attached hydrogen (secondary N) is 2. The number of urea groups is 1. The minimum Gasteiger partial charge on any atom is -0.331 e. The van der Waals surface area contributed by atoms with Crippen molar-refractivity contribution >= 4 is 11.7 Å². The van der Waals surface area contributed by atoms with Crippen LogP contribution in [0.2, 0.25) is 0 Å². The van der Waals surface area contributed by atoms with Gasteiger partial charge in [0, 0.05) is 30.5 Å². The van der Waals surface area contributed by atoms with E-state index in [1.165, 1.54) is 0 Å². The number of aromatic nitrogens is 3. The summed E-state index contributed by atoms with van der Waals surface area (Å²) < 4.78 is 1.82. The molecule has 6 heteroatoms. The molecule has 2 amide bonds. The van der Waals surface area contributed by atoms with Gasteiger partial charge in [0.2, 0.25) is 0 Å². The fourth-order valence-corrected chi connectivity index (χ4v) is 2.68. The molecule has 128 valence electrons. The Bertz CT molecular complexity index is 802. The molecule has 2 heterocycles. The number of benzene rings is 1. The van der Waals surface area contributed by atoms with Gasteiger partial charge in [-0.2, -0.15) is 5.10 Å². The first-order valence-corrected chi connectivity index (χ1v) is 8.29. The Balaban J connectivity index is 1.68. The molecule has 0 bridgehead atoms. The van der Waals surface area contributed by atoms with Crippen LogP contribution < -0.4 is 10.6 Å². The van der Waals surface area contributed by atoms with Crippen LogP contribution >= 0.6 is 0 Å². The molecule has 1 atom stereocenters. The smallest absolute Gasteiger partial charge is 0.319 e. The fourth-order valence-electron chi connectivity index (χ4n) is 2.68. The second kappa shape index (κ2) is 8.10. The number of hydrogen-bond acceptors (Lipinski definition) is 3. The molecule has 0 aliphatic heterocycles. The maximum Gasteiger partial charge on any atom is 0.319 e. The average Bonchev–Trinajstić information content (AvgIpc) is 3.15. The van der Waals surface area contributed by atoms with Crippen LogP contribution in [0.4, 0.5) is 10.5 Å². The van der Waals surface area contributed by atoms with Gasteiger partial charge >= 0.3 is 6.03 Å². The van der Waals surface area contributed by atoms with Gasteiger partial charge in [-0.25, -0.2) is 4.79 Å². The minimum absolute atomic E-state index is 0.0544. The van der Waals surface area contributed by atoms with E-state index in [1.54, 1.807) is 18.6 Å². The lowest BCUT2D eigenvalue weighted by atomic mass is 10.1. The Morgan fingerprint density at radius 3 is 2.64 bits per heavy atom. The van der Waals surface area contributed by atoms with E-state index < -0.39 is 0 Å². The van der Waals surface area contributed by atoms with E-state index in [9.17, 15) is 4.79 Å². The number of carbonyl (C=O) groups is 1. The third-order valence-corrected chi connectivity index (χ3v) is 3.98. The van der Waals surface area contributed by atoms with Gasteiger partial charge in [-0.15, -0.1) is 0 Å². The lowest BCUT2D eigenvalue weighted by molar-refractivity contribution is 0.248. The van der Waals surface area contributed by atoms with E-state index in [4.69, 9.17) is 0 Å². The Hall–Kier alpha value is -3.15. The SMILES string of the molecule is CC[C@H](NC(=O)Nc1ccccc1Cn1cccn1)c1ccncc1. The highest BCUT2D eigenvalue weighted by Gasteiger charge is 2.13. The summed E-state index contributed by atoms with van der Waals surface area (Å²) in [6, 6.07) is 13.2. The number of rotatable bonds is 6. The van der Waals surface area contributed by atoms with Crippen molar-refractivity contribution in [2.75, 3.05) is 5.32 Å². The van der Waals surface area contributed by atoms with Gasteiger partial charge in [-0.1, -0.05) is 25.1 Å². The maximum atomic E-state index is 12.4. The number of carbonyl (C=O) groups excluding carboxylic acids is 1. The number of amides is 2. The largest absolute Gasteiger partial charge is 0.331 e. The van der Waals surface area contributed by atoms with Gasteiger partial charge in [0.1, 0.15) is 0 Å². The molecule has 6 nitrogen and oxygen atoms in total. The maximum absolute atomic E-state index is 12.4. The van der Waals surface area contributed by atoms with Crippen molar-refractivity contribution in [1.29, 1.82) is 0 Å². The quantitative estimate of drug-likeness (QED) is 0.723. The molecule has 1 aromatic carbocycles. The number of pyridine rings is 1. The van der Waals surface area contributed by atoms with Crippen LogP contribution in [0.15, 0.2) is 67.3 Å². The van der Waals surface area contributed by atoms with Crippen LogP contribution in [-0.2, 0) is 6.54 Å². The fraction of sp³-hybridized carbons (Fsp3) is 0.211. The number of hydrogen-bond donors (Lipinski definition) is 2. The van der Waals surface area contributed by atoms with Crippen molar-refractivity contribution in [3.05, 3.63) is 78.4 Å². The van der Waals surface area contributed by atoms with E-state index >= 15 is 0 Å². The summed E-state index contributed by atoms with van der Waals surface area (Å²) >= 11 is 0. The van der Waals surface area contributed by atoms with Crippen molar-refractivity contribution in [3.63, 3.8) is 0 Å². The summed E-state index contributed by atoms with van der Waals surface area (Å²) in [7, 11) is 0. The molecule has 3 aromatic rings. The topological polar surface area (TPSA) is 71.8 Å². The number of para-hydroxylation sites is 1. The summed E-state index contributed by atoms with van der Waals surface area (Å²) in [6.07, 6.45) is 7.90. The standard InChI is InChI=1S/C19H21N5O/c1-2-17(15-8-11-20-12-9-15)22-19(25)23-18-7-4-3-6-16(18)14-24-13-5-10-21-24/h3-13,17H,2,14H2,1H3,(H2,22,23,25)/t17-/m0/s1. The van der Waals surface area contributed by atoms with Crippen LogP contribution in [0.5, 0.6) is 0 Å². The Morgan fingerprint density at radius 1 is 1.12 bits per heavy atom. The first-order chi connectivity index (χ1) is 12.3. The number of nitrogens with zero attached hydrogens (tertiary/aromatic N) is 3. The van der Waals surface area contributed by atoms with Gasteiger partial charge in [0.05, 0.1) is 12.6 Å². The molecule has 2 N–H and O–H groups in total. The number of anilines is 1. The molecule has 0 radical (unpaired) electrons. The first kappa shape index (κ1) is 16.7. The monoisotopic (exact) mass is 335 g/mol. The molecule has 3 rings (SSSR count). The van der Waals surface area contributed by atoms with E-state index in [0.29, 0.717) is 6.54 Å². The molecular weight excluding hydrogens is 314 g/mol. The van der Waals surface area contributed by atoms with E-state index in [2.05, 4.69) is 20.7 Å². The Kier molecular flexibility index (Phi) is 5.41. The second-order valence-corrected chi connectivity index (χ2v) is 5.70. The summed E-state index contributed by atoms with van der Waals surface area (Å²) in [6.45, 7) is 2.64. The van der Waals surface area contributed by atoms with Crippen LogP contribution in [0, 0.1) is 0 Å². The minimum atomic E-state index is -0.225. The van der Waals surface area contributed by atoms with Gasteiger partial charge in [0.25, 0.3) is 0 Å². The van der Waals surface area contributed by atoms with Crippen molar-refractivity contribution in [1.82, 2.24) is 20.1 Å². The average molecular weight is 335 g/mol. The highest BCUT2D eigenvalue weighted by Crippen LogP contribution is 2.18. The summed E-state index contributed by atoms with van der Waals surface area (Å²) in [4.78, 5) is 16.5. The zero-order valence-corrected chi connectivity index (χ0v) is 14.1. The first-order valence-electron chi connectivity index (χ1n) is 8.29. The third kappa shape index (κ3) is 4.44. The van der Waals surface area contributed by atoms with Crippen LogP contribution in [0.1, 0.15) is 30.5 Å². The molecule has 0 unspecified atom stereocenters.